The summed E-state index contributed by atoms with van der Waals surface area (Å²) in [5.41, 5.74) is 7.07. The van der Waals surface area contributed by atoms with Gasteiger partial charge in [0, 0.05) is 23.7 Å². The van der Waals surface area contributed by atoms with Crippen LogP contribution in [0.4, 0.5) is 5.69 Å². The Morgan fingerprint density at radius 1 is 1.12 bits per heavy atom. The molecule has 0 saturated heterocycles. The molecule has 84 valence electrons. The number of nitrogens with two attached hydrogens (primary N) is 1. The second-order valence-corrected chi connectivity index (χ2v) is 4.08. The van der Waals surface area contributed by atoms with E-state index in [2.05, 4.69) is 54.7 Å². The predicted octanol–water partition coefficient (Wildman–Crippen LogP) is 2.99. The van der Waals surface area contributed by atoms with Gasteiger partial charge in [-0.05, 0) is 17.9 Å². The van der Waals surface area contributed by atoms with Crippen molar-refractivity contribution in [2.24, 2.45) is 5.73 Å². The molecule has 0 heterocycles. The maximum absolute atomic E-state index is 5.90. The van der Waals surface area contributed by atoms with Crippen molar-refractivity contribution in [3.8, 4) is 0 Å². The van der Waals surface area contributed by atoms with Gasteiger partial charge in [-0.15, -0.1) is 0 Å². The highest BCUT2D eigenvalue weighted by Crippen LogP contribution is 2.22. The number of hydrogen-bond acceptors (Lipinski definition) is 2. The van der Waals surface area contributed by atoms with Crippen LogP contribution in [0.1, 0.15) is 13.3 Å². The molecule has 2 rings (SSSR count). The number of nitrogens with one attached hydrogen (secondary N) is 1. The normalized spacial score (nSPS) is 12.6. The monoisotopic (exact) mass is 214 g/mol. The minimum atomic E-state index is 0.221. The molecule has 2 nitrogen and oxygen atoms in total. The van der Waals surface area contributed by atoms with E-state index >= 15 is 0 Å². The lowest BCUT2D eigenvalue weighted by atomic mass is 10.1. The number of benzene rings is 2. The number of rotatable bonds is 4. The molecule has 16 heavy (non-hydrogen) atoms. The summed E-state index contributed by atoms with van der Waals surface area (Å²) in [7, 11) is 0. The zero-order valence-corrected chi connectivity index (χ0v) is 9.61. The molecule has 0 saturated carbocycles. The molecule has 0 aliphatic carbocycles. The maximum atomic E-state index is 5.90. The van der Waals surface area contributed by atoms with E-state index < -0.39 is 0 Å². The first-order chi connectivity index (χ1) is 7.81. The quantitative estimate of drug-likeness (QED) is 0.821. The SMILES string of the molecule is CCC(N)CNc1cccc2ccccc12. The zero-order valence-electron chi connectivity index (χ0n) is 9.61. The van der Waals surface area contributed by atoms with Crippen molar-refractivity contribution in [1.82, 2.24) is 0 Å². The summed E-state index contributed by atoms with van der Waals surface area (Å²) in [4.78, 5) is 0. The Morgan fingerprint density at radius 2 is 1.88 bits per heavy atom. The van der Waals surface area contributed by atoms with E-state index in [0.717, 1.165) is 13.0 Å². The summed E-state index contributed by atoms with van der Waals surface area (Å²) in [5.74, 6) is 0. The van der Waals surface area contributed by atoms with Crippen molar-refractivity contribution in [2.75, 3.05) is 11.9 Å². The van der Waals surface area contributed by atoms with Crippen molar-refractivity contribution < 1.29 is 0 Å². The van der Waals surface area contributed by atoms with E-state index in [1.54, 1.807) is 0 Å². The van der Waals surface area contributed by atoms with Crippen LogP contribution in [0.3, 0.4) is 0 Å². The van der Waals surface area contributed by atoms with Gasteiger partial charge < -0.3 is 11.1 Å². The third-order valence-corrected chi connectivity index (χ3v) is 2.87. The van der Waals surface area contributed by atoms with Crippen molar-refractivity contribution in [3.05, 3.63) is 42.5 Å². The molecular formula is C14H18N2. The highest BCUT2D eigenvalue weighted by atomic mass is 14.9. The first-order valence-electron chi connectivity index (χ1n) is 5.78. The van der Waals surface area contributed by atoms with E-state index in [-0.39, 0.29) is 6.04 Å². The molecule has 2 aromatic carbocycles. The molecule has 0 aliphatic heterocycles. The van der Waals surface area contributed by atoms with E-state index in [0.29, 0.717) is 0 Å². The van der Waals surface area contributed by atoms with Gasteiger partial charge in [-0.25, -0.2) is 0 Å². The Balaban J connectivity index is 2.23. The summed E-state index contributed by atoms with van der Waals surface area (Å²) >= 11 is 0. The van der Waals surface area contributed by atoms with Crippen molar-refractivity contribution in [1.29, 1.82) is 0 Å². The molecule has 0 aliphatic rings. The smallest absolute Gasteiger partial charge is 0.0420 e. The van der Waals surface area contributed by atoms with Crippen molar-refractivity contribution >= 4 is 16.5 Å². The van der Waals surface area contributed by atoms with Crippen LogP contribution < -0.4 is 11.1 Å². The molecule has 2 heteroatoms. The van der Waals surface area contributed by atoms with Gasteiger partial charge >= 0.3 is 0 Å². The Bertz CT molecular complexity index is 460. The largest absolute Gasteiger partial charge is 0.383 e. The highest BCUT2D eigenvalue weighted by Gasteiger charge is 2.01. The maximum Gasteiger partial charge on any atom is 0.0420 e. The molecule has 2 aromatic rings. The molecule has 1 unspecified atom stereocenters. The first-order valence-corrected chi connectivity index (χ1v) is 5.78. The van der Waals surface area contributed by atoms with Crippen LogP contribution in [-0.2, 0) is 0 Å². The molecule has 0 amide bonds. The molecular weight excluding hydrogens is 196 g/mol. The summed E-state index contributed by atoms with van der Waals surface area (Å²) in [5, 5.41) is 5.93. The van der Waals surface area contributed by atoms with Crippen LogP contribution in [0.2, 0.25) is 0 Å². The molecule has 3 N–H and O–H groups in total. The van der Waals surface area contributed by atoms with Gasteiger partial charge in [-0.1, -0.05) is 43.3 Å². The molecule has 1 atom stereocenters. The van der Waals surface area contributed by atoms with Crippen molar-refractivity contribution in [3.63, 3.8) is 0 Å². The Hall–Kier alpha value is -1.54. The minimum absolute atomic E-state index is 0.221. The van der Waals surface area contributed by atoms with Gasteiger partial charge in [0.25, 0.3) is 0 Å². The van der Waals surface area contributed by atoms with Gasteiger partial charge in [-0.3, -0.25) is 0 Å². The Morgan fingerprint density at radius 3 is 2.69 bits per heavy atom. The van der Waals surface area contributed by atoms with Gasteiger partial charge in [0.2, 0.25) is 0 Å². The van der Waals surface area contributed by atoms with E-state index in [4.69, 9.17) is 5.73 Å². The fraction of sp³-hybridized carbons (Fsp3) is 0.286. The van der Waals surface area contributed by atoms with Crippen LogP contribution in [0, 0.1) is 0 Å². The summed E-state index contributed by atoms with van der Waals surface area (Å²) in [6.45, 7) is 2.93. The zero-order chi connectivity index (χ0) is 11.4. The average molecular weight is 214 g/mol. The van der Waals surface area contributed by atoms with Crippen LogP contribution in [0.15, 0.2) is 42.5 Å². The fourth-order valence-corrected chi connectivity index (χ4v) is 1.76. The Kier molecular flexibility index (Phi) is 3.42. The van der Waals surface area contributed by atoms with Gasteiger partial charge in [-0.2, -0.15) is 0 Å². The second-order valence-electron chi connectivity index (χ2n) is 4.08. The fourth-order valence-electron chi connectivity index (χ4n) is 1.76. The van der Waals surface area contributed by atoms with Crippen molar-refractivity contribution in [2.45, 2.75) is 19.4 Å². The Labute approximate surface area is 96.5 Å². The molecule has 0 bridgehead atoms. The van der Waals surface area contributed by atoms with E-state index in [1.165, 1.54) is 16.5 Å². The third kappa shape index (κ3) is 2.34. The summed E-state index contributed by atoms with van der Waals surface area (Å²) in [6, 6.07) is 14.9. The highest BCUT2D eigenvalue weighted by molar-refractivity contribution is 5.93. The topological polar surface area (TPSA) is 38.0 Å². The van der Waals surface area contributed by atoms with Gasteiger partial charge in [0.1, 0.15) is 0 Å². The van der Waals surface area contributed by atoms with Crippen LogP contribution in [0.5, 0.6) is 0 Å². The lowest BCUT2D eigenvalue weighted by Crippen LogP contribution is -2.28. The molecule has 0 fully saturated rings. The van der Waals surface area contributed by atoms with E-state index in [1.807, 2.05) is 0 Å². The summed E-state index contributed by atoms with van der Waals surface area (Å²) in [6.07, 6.45) is 0.998. The lowest BCUT2D eigenvalue weighted by molar-refractivity contribution is 0.679. The number of hydrogen-bond donors (Lipinski definition) is 2. The molecule has 0 aromatic heterocycles. The average Bonchev–Trinajstić information content (AvgIpc) is 2.35. The number of anilines is 1. The third-order valence-electron chi connectivity index (χ3n) is 2.87. The van der Waals surface area contributed by atoms with Crippen LogP contribution in [-0.4, -0.2) is 12.6 Å². The van der Waals surface area contributed by atoms with Gasteiger partial charge in [0.15, 0.2) is 0 Å². The lowest BCUT2D eigenvalue weighted by Gasteiger charge is -2.13. The predicted molar refractivity (Wildman–Crippen MR) is 70.7 cm³/mol. The van der Waals surface area contributed by atoms with Gasteiger partial charge in [0.05, 0.1) is 0 Å². The second kappa shape index (κ2) is 4.99. The van der Waals surface area contributed by atoms with Crippen LogP contribution >= 0.6 is 0 Å². The standard InChI is InChI=1S/C14H18N2/c1-2-12(15)10-16-14-9-5-7-11-6-3-4-8-13(11)14/h3-9,12,16H,2,10,15H2,1H3. The van der Waals surface area contributed by atoms with E-state index in [9.17, 15) is 0 Å². The minimum Gasteiger partial charge on any atom is -0.383 e. The molecule has 0 radical (unpaired) electrons. The molecule has 0 spiro atoms. The number of fused-ring (bicyclic) bond motifs is 1. The van der Waals surface area contributed by atoms with Crippen LogP contribution in [0.25, 0.3) is 10.8 Å². The summed E-state index contributed by atoms with van der Waals surface area (Å²) < 4.78 is 0. The first kappa shape index (κ1) is 11.0.